The van der Waals surface area contributed by atoms with E-state index in [4.69, 9.17) is 11.1 Å². The van der Waals surface area contributed by atoms with E-state index >= 15 is 0 Å². The highest BCUT2D eigenvalue weighted by Gasteiger charge is 2.37. The van der Waals surface area contributed by atoms with Crippen LogP contribution in [0.2, 0.25) is 0 Å². The van der Waals surface area contributed by atoms with Gasteiger partial charge in [0, 0.05) is 17.8 Å². The van der Waals surface area contributed by atoms with Crippen molar-refractivity contribution in [2.24, 2.45) is 23.5 Å². The van der Waals surface area contributed by atoms with Crippen LogP contribution in [0.15, 0.2) is 65.0 Å². The number of anilines is 1. The molecule has 2 aromatic rings. The summed E-state index contributed by atoms with van der Waals surface area (Å²) >= 11 is 0. The molecule has 2 aliphatic rings. The number of amidine groups is 1. The first-order chi connectivity index (χ1) is 16.1. The molecule has 0 radical (unpaired) electrons. The molecular weight excluding hydrogens is 448 g/mol. The van der Waals surface area contributed by atoms with Gasteiger partial charge in [0.05, 0.1) is 5.75 Å². The summed E-state index contributed by atoms with van der Waals surface area (Å²) in [6.45, 7) is 4.45. The van der Waals surface area contributed by atoms with E-state index in [1.807, 2.05) is 56.3 Å². The Morgan fingerprint density at radius 1 is 1.18 bits per heavy atom. The molecule has 2 aliphatic carbocycles. The molecule has 0 spiro atoms. The van der Waals surface area contributed by atoms with Gasteiger partial charge < -0.3 is 10.3 Å². The summed E-state index contributed by atoms with van der Waals surface area (Å²) in [5, 5.41) is 7.50. The van der Waals surface area contributed by atoms with Gasteiger partial charge in [-0.1, -0.05) is 55.0 Å². The second-order valence-corrected chi connectivity index (χ2v) is 11.3. The number of nitrogen functional groups attached to an aromatic ring is 1. The summed E-state index contributed by atoms with van der Waals surface area (Å²) in [4.78, 5) is 13.1. The third kappa shape index (κ3) is 5.67. The molecule has 1 heterocycles. The molecule has 0 saturated heterocycles. The number of aryl methyl sites for hydroxylation is 1. The lowest BCUT2D eigenvalue weighted by molar-refractivity contribution is 0.552. The number of nitrogens with zero attached hydrogens (tertiary/aromatic N) is 1. The second-order valence-electron chi connectivity index (χ2n) is 9.54. The van der Waals surface area contributed by atoms with Crippen LogP contribution in [0.25, 0.3) is 0 Å². The molecule has 3 atom stereocenters. The minimum atomic E-state index is -3.68. The third-order valence-electron chi connectivity index (χ3n) is 6.83. The molecule has 180 valence electrons. The average Bonchev–Trinajstić information content (AvgIpc) is 3.52. The highest BCUT2D eigenvalue weighted by Crippen LogP contribution is 2.42. The van der Waals surface area contributed by atoms with E-state index in [9.17, 15) is 13.2 Å². The van der Waals surface area contributed by atoms with Gasteiger partial charge in [-0.05, 0) is 61.6 Å². The molecule has 34 heavy (non-hydrogen) atoms. The summed E-state index contributed by atoms with van der Waals surface area (Å²) in [5.41, 5.74) is 8.88. The van der Waals surface area contributed by atoms with Crippen molar-refractivity contribution in [3.63, 3.8) is 0 Å². The summed E-state index contributed by atoms with van der Waals surface area (Å²) in [5.74, 6) is 0.960. The van der Waals surface area contributed by atoms with Crippen LogP contribution >= 0.6 is 0 Å². The highest BCUT2D eigenvalue weighted by molar-refractivity contribution is 7.92. The van der Waals surface area contributed by atoms with Crippen molar-refractivity contribution in [1.82, 2.24) is 4.57 Å². The maximum absolute atomic E-state index is 13.1. The van der Waals surface area contributed by atoms with Crippen molar-refractivity contribution < 1.29 is 8.42 Å². The van der Waals surface area contributed by atoms with Crippen molar-refractivity contribution in [3.05, 3.63) is 87.4 Å². The molecule has 4 rings (SSSR count). The lowest BCUT2D eigenvalue weighted by atomic mass is 9.95. The van der Waals surface area contributed by atoms with Gasteiger partial charge in [-0.15, -0.1) is 0 Å². The van der Waals surface area contributed by atoms with Gasteiger partial charge >= 0.3 is 0 Å². The number of pyridine rings is 1. The van der Waals surface area contributed by atoms with Gasteiger partial charge in [-0.2, -0.15) is 0 Å². The fourth-order valence-corrected chi connectivity index (χ4v) is 5.90. The van der Waals surface area contributed by atoms with Crippen LogP contribution in [0.3, 0.4) is 0 Å². The van der Waals surface area contributed by atoms with Gasteiger partial charge in [0.25, 0.3) is 5.56 Å². The molecule has 7 nitrogen and oxygen atoms in total. The van der Waals surface area contributed by atoms with Crippen LogP contribution < -0.4 is 16.0 Å². The van der Waals surface area contributed by atoms with Crippen LogP contribution in [0.1, 0.15) is 36.6 Å². The minimum absolute atomic E-state index is 0.0584. The summed E-state index contributed by atoms with van der Waals surface area (Å²) < 4.78 is 29.8. The SMILES string of the molecule is Cc1ccc(NS(=O)(=O)CC2=CC=CCC2C)c(=O)n1C[C@H]1CC1Cc1ccc(C(=N)N)cc1. The first-order valence-corrected chi connectivity index (χ1v) is 13.3. The highest BCUT2D eigenvalue weighted by atomic mass is 32.2. The average molecular weight is 481 g/mol. The van der Waals surface area contributed by atoms with E-state index in [2.05, 4.69) is 4.72 Å². The van der Waals surface area contributed by atoms with Gasteiger partial charge in [0.2, 0.25) is 10.0 Å². The number of nitrogens with two attached hydrogens (primary N) is 1. The van der Waals surface area contributed by atoms with Crippen molar-refractivity contribution >= 4 is 21.5 Å². The fourth-order valence-electron chi connectivity index (χ4n) is 4.52. The zero-order valence-corrected chi connectivity index (χ0v) is 20.4. The van der Waals surface area contributed by atoms with Crippen molar-refractivity contribution in [1.29, 1.82) is 5.41 Å². The van der Waals surface area contributed by atoms with Gasteiger partial charge in [0.15, 0.2) is 0 Å². The predicted molar refractivity (Wildman–Crippen MR) is 137 cm³/mol. The molecule has 4 N–H and O–H groups in total. The largest absolute Gasteiger partial charge is 0.384 e. The molecular formula is C26H32N4O3S. The Kier molecular flexibility index (Phi) is 6.79. The van der Waals surface area contributed by atoms with Crippen molar-refractivity contribution in [2.45, 2.75) is 39.7 Å². The Balaban J connectivity index is 1.42. The first kappa shape index (κ1) is 24.0. The fraction of sp³-hybridized carbons (Fsp3) is 0.385. The number of nitrogens with one attached hydrogen (secondary N) is 2. The first-order valence-electron chi connectivity index (χ1n) is 11.6. The Morgan fingerprint density at radius 2 is 1.91 bits per heavy atom. The van der Waals surface area contributed by atoms with Crippen molar-refractivity contribution in [2.75, 3.05) is 10.5 Å². The van der Waals surface area contributed by atoms with Gasteiger partial charge in [-0.3, -0.25) is 14.9 Å². The minimum Gasteiger partial charge on any atom is -0.384 e. The Labute approximate surface area is 200 Å². The van der Waals surface area contributed by atoms with Gasteiger partial charge in [-0.25, -0.2) is 8.42 Å². The monoisotopic (exact) mass is 480 g/mol. The van der Waals surface area contributed by atoms with Crippen LogP contribution in [0, 0.1) is 30.1 Å². The van der Waals surface area contributed by atoms with Crippen LogP contribution in [0.4, 0.5) is 5.69 Å². The maximum Gasteiger partial charge on any atom is 0.275 e. The molecule has 1 saturated carbocycles. The molecule has 1 fully saturated rings. The zero-order chi connectivity index (χ0) is 24.5. The van der Waals surface area contributed by atoms with E-state index in [1.165, 1.54) is 5.56 Å². The normalized spacial score (nSPS) is 21.7. The molecule has 0 amide bonds. The smallest absolute Gasteiger partial charge is 0.275 e. The summed E-state index contributed by atoms with van der Waals surface area (Å²) in [7, 11) is -3.68. The van der Waals surface area contributed by atoms with Crippen molar-refractivity contribution in [3.8, 4) is 0 Å². The summed E-state index contributed by atoms with van der Waals surface area (Å²) in [6, 6.07) is 11.1. The zero-order valence-electron chi connectivity index (χ0n) is 19.6. The lowest BCUT2D eigenvalue weighted by Crippen LogP contribution is -2.29. The number of rotatable bonds is 9. The van der Waals surface area contributed by atoms with Crippen LogP contribution in [-0.2, 0) is 23.0 Å². The molecule has 2 unspecified atom stereocenters. The molecule has 1 aromatic heterocycles. The molecule has 0 aliphatic heterocycles. The third-order valence-corrected chi connectivity index (χ3v) is 8.08. The standard InChI is InChI=1S/C26H32N4O3S/c1-17-5-3-4-6-21(17)16-34(32,33)29-24-12-7-18(2)30(26(24)31)15-23-14-22(23)13-19-8-10-20(11-9-19)25(27)28/h3-4,6-12,17,22-23,29H,5,13-16H2,1-2H3,(H3,27,28)/t17?,22?,23-/m1/s1. The number of benzene rings is 1. The van der Waals surface area contributed by atoms with Crippen LogP contribution in [0.5, 0.6) is 0 Å². The predicted octanol–water partition coefficient (Wildman–Crippen LogP) is 3.58. The summed E-state index contributed by atoms with van der Waals surface area (Å²) in [6.07, 6.45) is 8.51. The lowest BCUT2D eigenvalue weighted by Gasteiger charge is -2.18. The topological polar surface area (TPSA) is 118 Å². The van der Waals surface area contributed by atoms with E-state index in [0.717, 1.165) is 30.5 Å². The van der Waals surface area contributed by atoms with E-state index in [1.54, 1.807) is 16.7 Å². The molecule has 1 aromatic carbocycles. The maximum atomic E-state index is 13.1. The Morgan fingerprint density at radius 3 is 2.59 bits per heavy atom. The number of sulfonamides is 1. The number of hydrogen-bond acceptors (Lipinski definition) is 4. The number of aromatic nitrogens is 1. The van der Waals surface area contributed by atoms with Gasteiger partial charge in [0.1, 0.15) is 11.5 Å². The van der Waals surface area contributed by atoms with E-state index in [0.29, 0.717) is 23.9 Å². The van der Waals surface area contributed by atoms with Crippen LogP contribution in [-0.4, -0.2) is 24.6 Å². The molecule has 0 bridgehead atoms. The Hall–Kier alpha value is -3.13. The van der Waals surface area contributed by atoms with E-state index in [-0.39, 0.29) is 28.8 Å². The number of allylic oxidation sites excluding steroid dienone is 3. The van der Waals surface area contributed by atoms with E-state index < -0.39 is 10.0 Å². The second kappa shape index (κ2) is 9.62. The number of hydrogen-bond donors (Lipinski definition) is 3. The quantitative estimate of drug-likeness (QED) is 0.375. The Bertz CT molecular complexity index is 1310. The molecule has 8 heteroatoms.